The standard InChI is InChI=1S/C11H22N2O/c1-2-7-12-10-11(14)13-8-5-3-4-6-9-13/h12H,2-10H2,1H3. The van der Waals surface area contributed by atoms with E-state index in [1.807, 2.05) is 4.90 Å². The zero-order valence-electron chi connectivity index (χ0n) is 9.22. The molecule has 0 aromatic heterocycles. The van der Waals surface area contributed by atoms with Gasteiger partial charge in [-0.1, -0.05) is 19.8 Å². The fraction of sp³-hybridized carbons (Fsp3) is 0.909. The van der Waals surface area contributed by atoms with E-state index in [4.69, 9.17) is 0 Å². The Kier molecular flexibility index (Phi) is 5.60. The summed E-state index contributed by atoms with van der Waals surface area (Å²) in [5, 5.41) is 3.16. The molecule has 0 spiro atoms. The van der Waals surface area contributed by atoms with Crippen molar-refractivity contribution < 1.29 is 4.79 Å². The van der Waals surface area contributed by atoms with Crippen LogP contribution < -0.4 is 5.32 Å². The molecule has 0 radical (unpaired) electrons. The number of amides is 1. The molecule has 0 atom stereocenters. The second kappa shape index (κ2) is 6.82. The van der Waals surface area contributed by atoms with Gasteiger partial charge in [-0.15, -0.1) is 0 Å². The van der Waals surface area contributed by atoms with Crippen LogP contribution in [0.25, 0.3) is 0 Å². The van der Waals surface area contributed by atoms with Gasteiger partial charge >= 0.3 is 0 Å². The molecule has 1 heterocycles. The summed E-state index contributed by atoms with van der Waals surface area (Å²) in [6.07, 6.45) is 6.02. The van der Waals surface area contributed by atoms with Crippen LogP contribution in [0.5, 0.6) is 0 Å². The molecule has 1 fully saturated rings. The van der Waals surface area contributed by atoms with Gasteiger partial charge in [-0.25, -0.2) is 0 Å². The summed E-state index contributed by atoms with van der Waals surface area (Å²) in [6.45, 7) is 5.51. The molecule has 82 valence electrons. The van der Waals surface area contributed by atoms with E-state index in [1.54, 1.807) is 0 Å². The Balaban J connectivity index is 2.20. The van der Waals surface area contributed by atoms with Gasteiger partial charge < -0.3 is 10.2 Å². The molecule has 1 aliphatic rings. The summed E-state index contributed by atoms with van der Waals surface area (Å²) in [5.41, 5.74) is 0. The van der Waals surface area contributed by atoms with Gasteiger partial charge in [0.1, 0.15) is 0 Å². The van der Waals surface area contributed by atoms with E-state index in [9.17, 15) is 4.79 Å². The van der Waals surface area contributed by atoms with Crippen LogP contribution in [-0.2, 0) is 4.79 Å². The lowest BCUT2D eigenvalue weighted by atomic mass is 10.2. The zero-order chi connectivity index (χ0) is 10.2. The highest BCUT2D eigenvalue weighted by atomic mass is 16.2. The summed E-state index contributed by atoms with van der Waals surface area (Å²) >= 11 is 0. The SMILES string of the molecule is CCCNCC(=O)N1CCCCCC1. The van der Waals surface area contributed by atoms with E-state index >= 15 is 0 Å². The largest absolute Gasteiger partial charge is 0.342 e. The third-order valence-electron chi connectivity index (χ3n) is 2.66. The van der Waals surface area contributed by atoms with Gasteiger partial charge in [0.05, 0.1) is 6.54 Å². The average molecular weight is 198 g/mol. The normalized spacial score (nSPS) is 17.9. The lowest BCUT2D eigenvalue weighted by Crippen LogP contribution is -2.38. The van der Waals surface area contributed by atoms with Gasteiger partial charge in [0.15, 0.2) is 0 Å². The molecule has 1 saturated heterocycles. The lowest BCUT2D eigenvalue weighted by molar-refractivity contribution is -0.130. The molecule has 0 aromatic rings. The fourth-order valence-electron chi connectivity index (χ4n) is 1.80. The van der Waals surface area contributed by atoms with E-state index in [1.165, 1.54) is 25.7 Å². The fourth-order valence-corrected chi connectivity index (χ4v) is 1.80. The van der Waals surface area contributed by atoms with Crippen LogP contribution in [0, 0.1) is 0 Å². The van der Waals surface area contributed by atoms with Gasteiger partial charge in [0, 0.05) is 13.1 Å². The Labute approximate surface area is 86.9 Å². The molecule has 0 saturated carbocycles. The molecule has 0 unspecified atom stereocenters. The first kappa shape index (κ1) is 11.5. The molecule has 0 bridgehead atoms. The van der Waals surface area contributed by atoms with Crippen molar-refractivity contribution in [2.75, 3.05) is 26.2 Å². The van der Waals surface area contributed by atoms with Crippen LogP contribution in [0.15, 0.2) is 0 Å². The van der Waals surface area contributed by atoms with Gasteiger partial charge in [-0.2, -0.15) is 0 Å². The molecule has 14 heavy (non-hydrogen) atoms. The van der Waals surface area contributed by atoms with Crippen molar-refractivity contribution in [3.05, 3.63) is 0 Å². The second-order valence-corrected chi connectivity index (χ2v) is 3.97. The molecule has 3 heteroatoms. The molecule has 0 aromatic carbocycles. The number of rotatable bonds is 4. The minimum Gasteiger partial charge on any atom is -0.342 e. The van der Waals surface area contributed by atoms with Crippen LogP contribution in [0.1, 0.15) is 39.0 Å². The van der Waals surface area contributed by atoms with Crippen LogP contribution >= 0.6 is 0 Å². The first-order valence-corrected chi connectivity index (χ1v) is 5.83. The predicted molar refractivity (Wildman–Crippen MR) is 58.2 cm³/mol. The summed E-state index contributed by atoms with van der Waals surface area (Å²) in [5.74, 6) is 0.278. The van der Waals surface area contributed by atoms with Gasteiger partial charge in [0.2, 0.25) is 5.91 Å². The first-order valence-electron chi connectivity index (χ1n) is 5.83. The number of nitrogens with one attached hydrogen (secondary N) is 1. The topological polar surface area (TPSA) is 32.3 Å². The van der Waals surface area contributed by atoms with Gasteiger partial charge in [0.25, 0.3) is 0 Å². The van der Waals surface area contributed by atoms with Crippen molar-refractivity contribution >= 4 is 5.91 Å². The Morgan fingerprint density at radius 2 is 1.86 bits per heavy atom. The van der Waals surface area contributed by atoms with Crippen molar-refractivity contribution in [1.82, 2.24) is 10.2 Å². The Morgan fingerprint density at radius 3 is 2.43 bits per heavy atom. The summed E-state index contributed by atoms with van der Waals surface area (Å²) < 4.78 is 0. The first-order chi connectivity index (χ1) is 6.84. The number of hydrogen-bond donors (Lipinski definition) is 1. The van der Waals surface area contributed by atoms with E-state index in [0.29, 0.717) is 6.54 Å². The second-order valence-electron chi connectivity index (χ2n) is 3.97. The van der Waals surface area contributed by atoms with Crippen LogP contribution in [0.2, 0.25) is 0 Å². The van der Waals surface area contributed by atoms with Crippen LogP contribution in [-0.4, -0.2) is 37.0 Å². The van der Waals surface area contributed by atoms with Crippen molar-refractivity contribution in [2.24, 2.45) is 0 Å². The van der Waals surface area contributed by atoms with E-state index in [0.717, 1.165) is 26.1 Å². The molecule has 1 rings (SSSR count). The summed E-state index contributed by atoms with van der Waals surface area (Å²) in [7, 11) is 0. The number of carbonyl (C=O) groups excluding carboxylic acids is 1. The van der Waals surface area contributed by atoms with Crippen molar-refractivity contribution in [3.8, 4) is 0 Å². The number of hydrogen-bond acceptors (Lipinski definition) is 2. The Morgan fingerprint density at radius 1 is 1.21 bits per heavy atom. The molecule has 1 aliphatic heterocycles. The number of nitrogens with zero attached hydrogens (tertiary/aromatic N) is 1. The summed E-state index contributed by atoms with van der Waals surface area (Å²) in [4.78, 5) is 13.7. The molecular formula is C11H22N2O. The maximum Gasteiger partial charge on any atom is 0.236 e. The predicted octanol–water partition coefficient (Wildman–Crippen LogP) is 1.39. The van der Waals surface area contributed by atoms with E-state index in [-0.39, 0.29) is 5.91 Å². The molecule has 1 amide bonds. The van der Waals surface area contributed by atoms with Gasteiger partial charge in [-0.05, 0) is 25.8 Å². The molecule has 1 N–H and O–H groups in total. The smallest absolute Gasteiger partial charge is 0.236 e. The number of carbonyl (C=O) groups is 1. The van der Waals surface area contributed by atoms with Crippen LogP contribution in [0.4, 0.5) is 0 Å². The van der Waals surface area contributed by atoms with Crippen molar-refractivity contribution in [1.29, 1.82) is 0 Å². The third-order valence-corrected chi connectivity index (χ3v) is 2.66. The Hall–Kier alpha value is -0.570. The summed E-state index contributed by atoms with van der Waals surface area (Å²) in [6, 6.07) is 0. The number of likely N-dealkylation sites (tertiary alicyclic amines) is 1. The molecular weight excluding hydrogens is 176 g/mol. The third kappa shape index (κ3) is 4.09. The highest BCUT2D eigenvalue weighted by Gasteiger charge is 2.14. The Bertz CT molecular complexity index is 163. The average Bonchev–Trinajstić information content (AvgIpc) is 2.46. The monoisotopic (exact) mass is 198 g/mol. The highest BCUT2D eigenvalue weighted by molar-refractivity contribution is 5.78. The highest BCUT2D eigenvalue weighted by Crippen LogP contribution is 2.09. The van der Waals surface area contributed by atoms with E-state index < -0.39 is 0 Å². The quantitative estimate of drug-likeness (QED) is 0.692. The minimum absolute atomic E-state index is 0.278. The zero-order valence-corrected chi connectivity index (χ0v) is 9.22. The van der Waals surface area contributed by atoms with Crippen molar-refractivity contribution in [3.63, 3.8) is 0 Å². The maximum absolute atomic E-state index is 11.7. The maximum atomic E-state index is 11.7. The van der Waals surface area contributed by atoms with E-state index in [2.05, 4.69) is 12.2 Å². The minimum atomic E-state index is 0.278. The molecule has 0 aliphatic carbocycles. The van der Waals surface area contributed by atoms with Gasteiger partial charge in [-0.3, -0.25) is 4.79 Å². The van der Waals surface area contributed by atoms with Crippen molar-refractivity contribution in [2.45, 2.75) is 39.0 Å². The lowest BCUT2D eigenvalue weighted by Gasteiger charge is -2.20. The molecule has 3 nitrogen and oxygen atoms in total. The van der Waals surface area contributed by atoms with Crippen LogP contribution in [0.3, 0.4) is 0 Å².